The van der Waals surface area contributed by atoms with Crippen molar-refractivity contribution < 1.29 is 22.8 Å². The van der Waals surface area contributed by atoms with Crippen LogP contribution >= 0.6 is 0 Å². The summed E-state index contributed by atoms with van der Waals surface area (Å²) in [7, 11) is -3.37. The molecule has 2 aliphatic rings. The van der Waals surface area contributed by atoms with Crippen molar-refractivity contribution in [2.75, 3.05) is 25.4 Å². The van der Waals surface area contributed by atoms with E-state index in [-0.39, 0.29) is 31.7 Å². The number of hydrogen-bond acceptors (Lipinski definition) is 9. The normalized spacial score (nSPS) is 19.4. The van der Waals surface area contributed by atoms with Gasteiger partial charge in [0.2, 0.25) is 10.0 Å². The molecule has 1 aromatic carbocycles. The Morgan fingerprint density at radius 2 is 2.00 bits per heavy atom. The molecule has 0 spiro atoms. The van der Waals surface area contributed by atoms with Crippen molar-refractivity contribution in [1.82, 2.24) is 33.8 Å². The molecule has 1 unspecified atom stereocenters. The van der Waals surface area contributed by atoms with E-state index in [1.165, 1.54) is 31.9 Å². The van der Waals surface area contributed by atoms with Gasteiger partial charge in [0, 0.05) is 47.3 Å². The van der Waals surface area contributed by atoms with Gasteiger partial charge in [0.15, 0.2) is 5.65 Å². The Hall–Kier alpha value is -4.58. The van der Waals surface area contributed by atoms with E-state index < -0.39 is 27.1 Å². The van der Waals surface area contributed by atoms with Gasteiger partial charge in [0.25, 0.3) is 0 Å². The van der Waals surface area contributed by atoms with E-state index in [0.29, 0.717) is 35.3 Å². The average molecular weight is 657 g/mol. The number of carbonyl (C=O) groups excluding carboxylic acids is 1. The summed E-state index contributed by atoms with van der Waals surface area (Å²) < 4.78 is 35.5. The molecule has 47 heavy (non-hydrogen) atoms. The Kier molecular flexibility index (Phi) is 7.65. The summed E-state index contributed by atoms with van der Waals surface area (Å²) in [4.78, 5) is 31.9. The van der Waals surface area contributed by atoms with E-state index in [9.17, 15) is 18.5 Å². The van der Waals surface area contributed by atoms with Crippen LogP contribution in [0, 0.1) is 11.3 Å². The Balaban J connectivity index is 1.14. The lowest BCUT2D eigenvalue weighted by molar-refractivity contribution is -0.155. The smallest absolute Gasteiger partial charge is 0.336 e. The zero-order chi connectivity index (χ0) is 33.0. The summed E-state index contributed by atoms with van der Waals surface area (Å²) in [5, 5.41) is 15.8. The van der Waals surface area contributed by atoms with Crippen molar-refractivity contribution in [3.63, 3.8) is 0 Å². The van der Waals surface area contributed by atoms with E-state index in [1.807, 2.05) is 6.92 Å². The molecule has 7 rings (SSSR count). The van der Waals surface area contributed by atoms with Crippen molar-refractivity contribution >= 4 is 37.9 Å². The number of benzene rings is 1. The zero-order valence-electron chi connectivity index (χ0n) is 26.6. The first-order chi connectivity index (χ1) is 22.7. The molecule has 1 saturated heterocycles. The van der Waals surface area contributed by atoms with Crippen molar-refractivity contribution in [3.05, 3.63) is 66.0 Å². The summed E-state index contributed by atoms with van der Waals surface area (Å²) in [5.74, 6) is -0.467. The van der Waals surface area contributed by atoms with Gasteiger partial charge >= 0.3 is 5.97 Å². The number of hydrogen-bond donors (Lipinski definition) is 1. The van der Waals surface area contributed by atoms with Gasteiger partial charge in [-0.25, -0.2) is 23.2 Å². The predicted molar refractivity (Wildman–Crippen MR) is 173 cm³/mol. The van der Waals surface area contributed by atoms with Crippen LogP contribution in [0.4, 0.5) is 0 Å². The third-order valence-electron chi connectivity index (χ3n) is 9.69. The highest BCUT2D eigenvalue weighted by Crippen LogP contribution is 2.42. The molecule has 0 saturated carbocycles. The number of para-hydroxylation sites is 1. The van der Waals surface area contributed by atoms with Gasteiger partial charge in [-0.3, -0.25) is 4.68 Å². The number of aromatic nitrogens is 6. The molecule has 0 radical (unpaired) electrons. The van der Waals surface area contributed by atoms with Crippen LogP contribution < -0.4 is 4.84 Å². The maximum absolute atomic E-state index is 13.6. The number of carbonyl (C=O) groups is 1. The van der Waals surface area contributed by atoms with E-state index in [4.69, 9.17) is 9.57 Å². The number of ether oxygens (including phenoxy) is 1. The lowest BCUT2D eigenvalue weighted by atomic mass is 9.86. The van der Waals surface area contributed by atoms with Crippen LogP contribution in [0.1, 0.15) is 56.9 Å². The number of nitrogens with zero attached hydrogens (tertiary/aromatic N) is 7. The molecule has 0 aliphatic carbocycles. The summed E-state index contributed by atoms with van der Waals surface area (Å²) in [5.41, 5.74) is 4.48. The lowest BCUT2D eigenvalue weighted by Crippen LogP contribution is -2.64. The van der Waals surface area contributed by atoms with Gasteiger partial charge in [0.1, 0.15) is 17.5 Å². The van der Waals surface area contributed by atoms with Crippen LogP contribution in [-0.2, 0) is 43.5 Å². The van der Waals surface area contributed by atoms with Gasteiger partial charge in [-0.2, -0.15) is 19.4 Å². The number of sulfonamides is 1. The van der Waals surface area contributed by atoms with Crippen molar-refractivity contribution in [3.8, 4) is 17.3 Å². The van der Waals surface area contributed by atoms with Crippen molar-refractivity contribution in [2.45, 2.75) is 64.0 Å². The summed E-state index contributed by atoms with van der Waals surface area (Å²) in [6.45, 7) is 6.60. The minimum absolute atomic E-state index is 0.00320. The van der Waals surface area contributed by atoms with Gasteiger partial charge in [-0.1, -0.05) is 32.0 Å². The van der Waals surface area contributed by atoms with Crippen molar-refractivity contribution in [1.29, 1.82) is 5.26 Å². The van der Waals surface area contributed by atoms with Gasteiger partial charge < -0.3 is 14.6 Å². The molecule has 4 aromatic heterocycles. The quantitative estimate of drug-likeness (QED) is 0.236. The number of aromatic amines is 1. The molecule has 244 valence electrons. The van der Waals surface area contributed by atoms with Gasteiger partial charge in [-0.15, -0.1) is 0 Å². The first-order valence-corrected chi connectivity index (χ1v) is 17.5. The molecule has 0 amide bonds. The summed E-state index contributed by atoms with van der Waals surface area (Å²) >= 11 is 0. The van der Waals surface area contributed by atoms with Crippen LogP contribution in [-0.4, -0.2) is 73.6 Å². The minimum Gasteiger partial charge on any atom is -0.368 e. The molecule has 1 fully saturated rings. The highest BCUT2D eigenvalue weighted by Gasteiger charge is 2.50. The monoisotopic (exact) mass is 656 g/mol. The number of H-pyrrole nitrogens is 1. The second-order valence-electron chi connectivity index (χ2n) is 12.3. The number of aryl methyl sites for hydroxylation is 1. The molecular weight excluding hydrogens is 620 g/mol. The molecule has 0 bridgehead atoms. The Morgan fingerprint density at radius 3 is 2.74 bits per heavy atom. The molecule has 2 aliphatic heterocycles. The van der Waals surface area contributed by atoms with E-state index in [0.717, 1.165) is 24.1 Å². The summed E-state index contributed by atoms with van der Waals surface area (Å²) in [6, 6.07) is 10.3. The Morgan fingerprint density at radius 1 is 1.17 bits per heavy atom. The largest absolute Gasteiger partial charge is 0.368 e. The predicted octanol–water partition coefficient (Wildman–Crippen LogP) is 3.84. The maximum atomic E-state index is 13.6. The van der Waals surface area contributed by atoms with E-state index in [1.54, 1.807) is 36.3 Å². The Bertz CT molecular complexity index is 2150. The number of nitriles is 1. The second kappa shape index (κ2) is 11.6. The van der Waals surface area contributed by atoms with Gasteiger partial charge in [-0.05, 0) is 43.4 Å². The average Bonchev–Trinajstić information content (AvgIpc) is 3.80. The van der Waals surface area contributed by atoms with Gasteiger partial charge in [0.05, 0.1) is 48.9 Å². The van der Waals surface area contributed by atoms with Crippen LogP contribution in [0.2, 0.25) is 0 Å². The van der Waals surface area contributed by atoms with Crippen LogP contribution in [0.15, 0.2) is 49.2 Å². The SMILES string of the molecule is CCc1cccc2c3c([nH]c12)C(CC)(CC(=O)On1ccc2c(-c4cnn(C5(CC#N)CN(S(=O)(=O)CC)C5)c4)ncnc21)OCC3. The number of fused-ring (bicyclic) bond motifs is 4. The third-order valence-corrected chi connectivity index (χ3v) is 11.5. The standard InChI is InChI=1S/C33H36N8O5S/c1-4-22-8-7-9-24-25-11-15-45-33(5-2,30(25)38-29(22)24)16-27(42)46-40-14-10-26-28(35-21-36-31(26)40)23-17-37-41(18-23)32(12-13-34)19-39(20-32)47(43,44)6-3/h7-10,14,17-18,21,38H,4-6,11-12,15-16,19-20H2,1-3H3. The van der Waals surface area contributed by atoms with E-state index >= 15 is 0 Å². The summed E-state index contributed by atoms with van der Waals surface area (Å²) in [6.07, 6.45) is 8.80. The van der Waals surface area contributed by atoms with Crippen LogP contribution in [0.5, 0.6) is 0 Å². The highest BCUT2D eigenvalue weighted by atomic mass is 32.2. The number of rotatable bonds is 10. The molecule has 13 nitrogen and oxygen atoms in total. The fourth-order valence-electron chi connectivity index (χ4n) is 7.03. The maximum Gasteiger partial charge on any atom is 0.336 e. The third kappa shape index (κ3) is 5.00. The molecule has 1 N–H and O–H groups in total. The first-order valence-electron chi connectivity index (χ1n) is 15.9. The molecule has 1 atom stereocenters. The van der Waals surface area contributed by atoms with Crippen molar-refractivity contribution in [2.24, 2.45) is 0 Å². The van der Waals surface area contributed by atoms with E-state index in [2.05, 4.69) is 51.2 Å². The van der Waals surface area contributed by atoms with Crippen LogP contribution in [0.3, 0.4) is 0 Å². The minimum atomic E-state index is -3.37. The lowest BCUT2D eigenvalue weighted by Gasteiger charge is -2.47. The zero-order valence-corrected chi connectivity index (χ0v) is 27.4. The molecule has 5 aromatic rings. The fraction of sp³-hybridized carbons (Fsp3) is 0.424. The molecule has 6 heterocycles. The fourth-order valence-corrected chi connectivity index (χ4v) is 8.27. The molecular formula is C33H36N8O5S. The Labute approximate surface area is 272 Å². The second-order valence-corrected chi connectivity index (χ2v) is 14.5. The van der Waals surface area contributed by atoms with Crippen LogP contribution in [0.25, 0.3) is 33.2 Å². The number of nitrogens with one attached hydrogen (secondary N) is 1. The topological polar surface area (TPSA) is 161 Å². The first kappa shape index (κ1) is 31.0. The highest BCUT2D eigenvalue weighted by molar-refractivity contribution is 7.89. The molecule has 14 heteroatoms.